The van der Waals surface area contributed by atoms with Gasteiger partial charge in [0.1, 0.15) is 6.10 Å². The monoisotopic (exact) mass is 240 g/mol. The molecule has 0 spiro atoms. The molecule has 4 nitrogen and oxygen atoms in total. The van der Waals surface area contributed by atoms with Gasteiger partial charge in [-0.2, -0.15) is 0 Å². The number of hydrogen-bond donors (Lipinski definition) is 0. The van der Waals surface area contributed by atoms with E-state index in [1.54, 1.807) is 6.92 Å². The van der Waals surface area contributed by atoms with Crippen molar-refractivity contribution in [3.05, 3.63) is 12.2 Å². The van der Waals surface area contributed by atoms with Crippen LogP contribution in [0, 0.1) is 0 Å². The molecule has 0 bridgehead atoms. The van der Waals surface area contributed by atoms with Crippen molar-refractivity contribution < 1.29 is 19.1 Å². The van der Waals surface area contributed by atoms with Crippen molar-refractivity contribution in [3.8, 4) is 0 Å². The molecule has 0 aromatic rings. The van der Waals surface area contributed by atoms with Crippen LogP contribution in [-0.2, 0) is 19.1 Å². The van der Waals surface area contributed by atoms with E-state index >= 15 is 0 Å². The highest BCUT2D eigenvalue weighted by atomic mass is 16.6. The standard InChI is InChI=1S/C13H20O4/c1-9(2)12(14)16-10(3)13(15)17-11-7-5-4-6-8-11/h10-11H,1,4-8H2,2-3H3. The molecule has 96 valence electrons. The van der Waals surface area contributed by atoms with E-state index in [0.29, 0.717) is 0 Å². The fourth-order valence-corrected chi connectivity index (χ4v) is 1.75. The van der Waals surface area contributed by atoms with E-state index in [2.05, 4.69) is 6.58 Å². The van der Waals surface area contributed by atoms with Crippen LogP contribution in [0.5, 0.6) is 0 Å². The summed E-state index contributed by atoms with van der Waals surface area (Å²) in [5.41, 5.74) is 0.280. The Hall–Kier alpha value is -1.32. The Bertz CT molecular complexity index is 303. The number of rotatable bonds is 4. The van der Waals surface area contributed by atoms with Gasteiger partial charge in [-0.25, -0.2) is 9.59 Å². The lowest BCUT2D eigenvalue weighted by Crippen LogP contribution is -2.31. The van der Waals surface area contributed by atoms with Crippen molar-refractivity contribution >= 4 is 11.9 Å². The van der Waals surface area contributed by atoms with E-state index in [-0.39, 0.29) is 11.7 Å². The minimum atomic E-state index is -0.860. The zero-order chi connectivity index (χ0) is 12.8. The quantitative estimate of drug-likeness (QED) is 0.559. The first-order chi connectivity index (χ1) is 8.00. The number of esters is 2. The maximum atomic E-state index is 11.6. The summed E-state index contributed by atoms with van der Waals surface area (Å²) in [4.78, 5) is 22.9. The van der Waals surface area contributed by atoms with Crippen molar-refractivity contribution in [3.63, 3.8) is 0 Å². The largest absolute Gasteiger partial charge is 0.460 e. The van der Waals surface area contributed by atoms with Crippen molar-refractivity contribution in [2.24, 2.45) is 0 Å². The SMILES string of the molecule is C=C(C)C(=O)OC(C)C(=O)OC1CCCCC1. The molecule has 0 amide bonds. The van der Waals surface area contributed by atoms with Gasteiger partial charge in [-0.1, -0.05) is 13.0 Å². The third kappa shape index (κ3) is 4.59. The van der Waals surface area contributed by atoms with Crippen LogP contribution < -0.4 is 0 Å². The zero-order valence-electron chi connectivity index (χ0n) is 10.5. The number of hydrogen-bond acceptors (Lipinski definition) is 4. The summed E-state index contributed by atoms with van der Waals surface area (Å²) in [7, 11) is 0. The number of carbonyl (C=O) groups is 2. The van der Waals surface area contributed by atoms with E-state index in [1.165, 1.54) is 13.3 Å². The first kappa shape index (κ1) is 13.7. The summed E-state index contributed by atoms with van der Waals surface area (Å²) in [5.74, 6) is -1.02. The minimum Gasteiger partial charge on any atom is -0.460 e. The Labute approximate surface area is 102 Å². The Kier molecular flexibility index (Phi) is 5.19. The zero-order valence-corrected chi connectivity index (χ0v) is 10.5. The van der Waals surface area contributed by atoms with Crippen LogP contribution >= 0.6 is 0 Å². The highest BCUT2D eigenvalue weighted by Crippen LogP contribution is 2.20. The van der Waals surface area contributed by atoms with Crippen LogP contribution in [0.2, 0.25) is 0 Å². The molecule has 4 heteroatoms. The summed E-state index contributed by atoms with van der Waals surface area (Å²) in [6.45, 7) is 6.52. The Morgan fingerprint density at radius 2 is 1.82 bits per heavy atom. The molecule has 0 aromatic carbocycles. The third-order valence-corrected chi connectivity index (χ3v) is 2.80. The molecule has 1 rings (SSSR count). The second kappa shape index (κ2) is 6.42. The summed E-state index contributed by atoms with van der Waals surface area (Å²) >= 11 is 0. The normalized spacial score (nSPS) is 18.2. The predicted octanol–water partition coefficient (Wildman–Crippen LogP) is 2.37. The Morgan fingerprint density at radius 3 is 2.35 bits per heavy atom. The summed E-state index contributed by atoms with van der Waals surface area (Å²) in [5, 5.41) is 0. The molecule has 1 unspecified atom stereocenters. The summed E-state index contributed by atoms with van der Waals surface area (Å²) < 4.78 is 10.2. The molecular weight excluding hydrogens is 220 g/mol. The molecule has 0 aliphatic heterocycles. The van der Waals surface area contributed by atoms with E-state index in [1.807, 2.05) is 0 Å². The second-order valence-corrected chi connectivity index (χ2v) is 4.52. The highest BCUT2D eigenvalue weighted by Gasteiger charge is 2.24. The van der Waals surface area contributed by atoms with Gasteiger partial charge >= 0.3 is 11.9 Å². The molecule has 1 aliphatic carbocycles. The molecule has 1 aliphatic rings. The van der Waals surface area contributed by atoms with Crippen LogP contribution in [0.1, 0.15) is 46.0 Å². The molecule has 1 fully saturated rings. The van der Waals surface area contributed by atoms with E-state index < -0.39 is 18.0 Å². The van der Waals surface area contributed by atoms with Crippen LogP contribution in [-0.4, -0.2) is 24.1 Å². The lowest BCUT2D eigenvalue weighted by molar-refractivity contribution is -0.169. The van der Waals surface area contributed by atoms with Crippen LogP contribution in [0.3, 0.4) is 0 Å². The average Bonchev–Trinajstić information content (AvgIpc) is 2.29. The lowest BCUT2D eigenvalue weighted by atomic mass is 9.98. The fraction of sp³-hybridized carbons (Fsp3) is 0.692. The molecule has 0 saturated heterocycles. The van der Waals surface area contributed by atoms with Gasteiger partial charge in [0.05, 0.1) is 0 Å². The van der Waals surface area contributed by atoms with Gasteiger partial charge in [0, 0.05) is 5.57 Å². The topological polar surface area (TPSA) is 52.6 Å². The molecule has 0 N–H and O–H groups in total. The highest BCUT2D eigenvalue weighted by molar-refractivity contribution is 5.89. The van der Waals surface area contributed by atoms with Gasteiger partial charge in [-0.15, -0.1) is 0 Å². The molecule has 1 saturated carbocycles. The van der Waals surface area contributed by atoms with Gasteiger partial charge in [-0.3, -0.25) is 0 Å². The van der Waals surface area contributed by atoms with Crippen LogP contribution in [0.25, 0.3) is 0 Å². The lowest BCUT2D eigenvalue weighted by Gasteiger charge is -2.23. The molecule has 1 atom stereocenters. The molecular formula is C13H20O4. The van der Waals surface area contributed by atoms with Gasteiger partial charge in [0.25, 0.3) is 0 Å². The van der Waals surface area contributed by atoms with Crippen molar-refractivity contribution in [2.75, 3.05) is 0 Å². The minimum absolute atomic E-state index is 0.0118. The molecule has 0 aromatic heterocycles. The van der Waals surface area contributed by atoms with Gasteiger partial charge < -0.3 is 9.47 Å². The molecule has 0 heterocycles. The Morgan fingerprint density at radius 1 is 1.24 bits per heavy atom. The molecule has 0 radical (unpaired) electrons. The first-order valence-corrected chi connectivity index (χ1v) is 6.07. The maximum absolute atomic E-state index is 11.6. The number of ether oxygens (including phenoxy) is 2. The van der Waals surface area contributed by atoms with E-state index in [0.717, 1.165) is 25.7 Å². The van der Waals surface area contributed by atoms with Gasteiger partial charge in [0.2, 0.25) is 0 Å². The van der Waals surface area contributed by atoms with Crippen LogP contribution in [0.4, 0.5) is 0 Å². The fourth-order valence-electron chi connectivity index (χ4n) is 1.75. The van der Waals surface area contributed by atoms with Crippen molar-refractivity contribution in [2.45, 2.75) is 58.2 Å². The second-order valence-electron chi connectivity index (χ2n) is 4.52. The maximum Gasteiger partial charge on any atom is 0.347 e. The summed E-state index contributed by atoms with van der Waals surface area (Å²) in [6, 6.07) is 0. The van der Waals surface area contributed by atoms with E-state index in [9.17, 15) is 9.59 Å². The van der Waals surface area contributed by atoms with Crippen molar-refractivity contribution in [1.82, 2.24) is 0 Å². The van der Waals surface area contributed by atoms with Crippen LogP contribution in [0.15, 0.2) is 12.2 Å². The summed E-state index contributed by atoms with van der Waals surface area (Å²) in [6.07, 6.45) is 4.34. The molecule has 17 heavy (non-hydrogen) atoms. The number of carbonyl (C=O) groups excluding carboxylic acids is 2. The van der Waals surface area contributed by atoms with Crippen molar-refractivity contribution in [1.29, 1.82) is 0 Å². The predicted molar refractivity (Wildman–Crippen MR) is 63.3 cm³/mol. The van der Waals surface area contributed by atoms with E-state index in [4.69, 9.17) is 9.47 Å². The smallest absolute Gasteiger partial charge is 0.347 e. The first-order valence-electron chi connectivity index (χ1n) is 6.07. The average molecular weight is 240 g/mol. The van der Waals surface area contributed by atoms with Gasteiger partial charge in [0.15, 0.2) is 6.10 Å². The van der Waals surface area contributed by atoms with Gasteiger partial charge in [-0.05, 0) is 39.5 Å². The third-order valence-electron chi connectivity index (χ3n) is 2.80. The Balaban J connectivity index is 2.35.